The zero-order chi connectivity index (χ0) is 16.9. The van der Waals surface area contributed by atoms with Crippen LogP contribution in [0.2, 0.25) is 0 Å². The van der Waals surface area contributed by atoms with E-state index in [9.17, 15) is 8.42 Å². The molecule has 22 heavy (non-hydrogen) atoms. The van der Waals surface area contributed by atoms with Gasteiger partial charge in [0, 0.05) is 24.3 Å². The normalized spacial score (nSPS) is 12.6. The average molecular weight is 327 g/mol. The maximum absolute atomic E-state index is 12.7. The fourth-order valence-electron chi connectivity index (χ4n) is 2.59. The van der Waals surface area contributed by atoms with E-state index >= 15 is 0 Å². The van der Waals surface area contributed by atoms with E-state index in [4.69, 9.17) is 0 Å². The summed E-state index contributed by atoms with van der Waals surface area (Å²) in [5.74, 6) is 0.716. The van der Waals surface area contributed by atoms with Gasteiger partial charge in [0.2, 0.25) is 10.0 Å². The minimum absolute atomic E-state index is 0.0904. The lowest BCUT2D eigenvalue weighted by Gasteiger charge is -2.29. The number of sulfonamides is 1. The highest BCUT2D eigenvalue weighted by molar-refractivity contribution is 7.89. The van der Waals surface area contributed by atoms with Crippen molar-refractivity contribution in [3.05, 3.63) is 18.3 Å². The van der Waals surface area contributed by atoms with Crippen molar-refractivity contribution in [3.63, 3.8) is 0 Å². The van der Waals surface area contributed by atoms with Gasteiger partial charge in [0.15, 0.2) is 0 Å². The first kappa shape index (κ1) is 18.9. The number of anilines is 1. The summed E-state index contributed by atoms with van der Waals surface area (Å²) in [6.07, 6.45) is 3.46. The Bertz CT molecular complexity index is 541. The van der Waals surface area contributed by atoms with E-state index in [-0.39, 0.29) is 17.0 Å². The van der Waals surface area contributed by atoms with Gasteiger partial charge in [0.1, 0.15) is 10.7 Å². The van der Waals surface area contributed by atoms with Crippen LogP contribution in [0.4, 0.5) is 5.82 Å². The van der Waals surface area contributed by atoms with E-state index in [1.54, 1.807) is 12.1 Å². The molecule has 0 radical (unpaired) electrons. The Hall–Kier alpha value is -1.14. The molecule has 1 N–H and O–H groups in total. The van der Waals surface area contributed by atoms with Gasteiger partial charge >= 0.3 is 0 Å². The second-order valence-corrected chi connectivity index (χ2v) is 7.90. The summed E-state index contributed by atoms with van der Waals surface area (Å²) in [7, 11) is -3.51. The van der Waals surface area contributed by atoms with Crippen LogP contribution in [0.1, 0.15) is 54.4 Å². The first-order valence-corrected chi connectivity index (χ1v) is 9.44. The molecule has 5 nitrogen and oxygen atoms in total. The maximum atomic E-state index is 12.7. The minimum atomic E-state index is -3.51. The third-order valence-corrected chi connectivity index (χ3v) is 5.90. The highest BCUT2D eigenvalue weighted by atomic mass is 32.2. The molecule has 0 saturated carbocycles. The zero-order valence-electron chi connectivity index (χ0n) is 14.5. The lowest BCUT2D eigenvalue weighted by Crippen LogP contribution is -2.41. The van der Waals surface area contributed by atoms with Crippen LogP contribution in [-0.4, -0.2) is 35.8 Å². The van der Waals surface area contributed by atoms with Crippen molar-refractivity contribution in [3.8, 4) is 0 Å². The molecule has 0 saturated heterocycles. The number of nitrogens with zero attached hydrogens (tertiary/aromatic N) is 2. The van der Waals surface area contributed by atoms with Gasteiger partial charge in [-0.2, -0.15) is 4.31 Å². The molecule has 0 fully saturated rings. The second kappa shape index (κ2) is 7.92. The number of nitrogens with one attached hydrogen (secondary N) is 1. The van der Waals surface area contributed by atoms with Gasteiger partial charge in [-0.3, -0.25) is 0 Å². The molecule has 1 aromatic heterocycles. The lowest BCUT2D eigenvalue weighted by molar-refractivity contribution is 0.302. The lowest BCUT2D eigenvalue weighted by atomic mass is 10.2. The SMILES string of the molecule is CCC(CC)Nc1ccc(S(=O)(=O)N(C(C)C)C(C)C)cn1. The smallest absolute Gasteiger partial charge is 0.245 e. The highest BCUT2D eigenvalue weighted by Crippen LogP contribution is 2.21. The van der Waals surface area contributed by atoms with Crippen LogP contribution in [0.3, 0.4) is 0 Å². The van der Waals surface area contributed by atoms with Gasteiger partial charge in [-0.15, -0.1) is 0 Å². The number of hydrogen-bond donors (Lipinski definition) is 1. The molecule has 1 rings (SSSR count). The Morgan fingerprint density at radius 3 is 2.00 bits per heavy atom. The second-order valence-electron chi connectivity index (χ2n) is 6.06. The predicted octanol–water partition coefficient (Wildman–Crippen LogP) is 3.49. The topological polar surface area (TPSA) is 62.3 Å². The summed E-state index contributed by atoms with van der Waals surface area (Å²) >= 11 is 0. The Balaban J connectivity index is 3.02. The fraction of sp³-hybridized carbons (Fsp3) is 0.688. The Morgan fingerprint density at radius 2 is 1.64 bits per heavy atom. The van der Waals surface area contributed by atoms with E-state index in [1.807, 2.05) is 27.7 Å². The molecule has 6 heteroatoms. The molecule has 126 valence electrons. The Labute approximate surface area is 135 Å². The fourth-order valence-corrected chi connectivity index (χ4v) is 4.37. The summed E-state index contributed by atoms with van der Waals surface area (Å²) in [4.78, 5) is 4.51. The van der Waals surface area contributed by atoms with Crippen LogP contribution in [0.25, 0.3) is 0 Å². The van der Waals surface area contributed by atoms with E-state index in [0.717, 1.165) is 12.8 Å². The average Bonchev–Trinajstić information content (AvgIpc) is 2.44. The molecule has 1 aromatic rings. The molecule has 0 unspecified atom stereocenters. The number of pyridine rings is 1. The summed E-state index contributed by atoms with van der Waals surface area (Å²) < 4.78 is 27.0. The third kappa shape index (κ3) is 4.43. The van der Waals surface area contributed by atoms with Crippen molar-refractivity contribution >= 4 is 15.8 Å². The molecule has 0 aliphatic heterocycles. The Morgan fingerprint density at radius 1 is 1.09 bits per heavy atom. The monoisotopic (exact) mass is 327 g/mol. The Kier molecular flexibility index (Phi) is 6.81. The van der Waals surface area contributed by atoms with Gasteiger partial charge in [-0.25, -0.2) is 13.4 Å². The van der Waals surface area contributed by atoms with Crippen LogP contribution in [0, 0.1) is 0 Å². The first-order chi connectivity index (χ1) is 10.2. The molecular formula is C16H29N3O2S. The number of rotatable bonds is 8. The minimum Gasteiger partial charge on any atom is -0.367 e. The summed E-state index contributed by atoms with van der Waals surface area (Å²) in [6, 6.07) is 3.55. The standard InChI is InChI=1S/C16H29N3O2S/c1-7-14(8-2)18-16-10-9-15(11-17-16)22(20,21)19(12(3)4)13(5)6/h9-14H,7-8H2,1-6H3,(H,17,18). The van der Waals surface area contributed by atoms with E-state index in [2.05, 4.69) is 24.1 Å². The highest BCUT2D eigenvalue weighted by Gasteiger charge is 2.29. The number of hydrogen-bond acceptors (Lipinski definition) is 4. The molecule has 0 bridgehead atoms. The first-order valence-electron chi connectivity index (χ1n) is 8.00. The third-order valence-electron chi connectivity index (χ3n) is 3.67. The van der Waals surface area contributed by atoms with Gasteiger partial charge in [0.25, 0.3) is 0 Å². The van der Waals surface area contributed by atoms with E-state index < -0.39 is 10.0 Å². The van der Waals surface area contributed by atoms with Crippen LogP contribution in [0.15, 0.2) is 23.2 Å². The molecule has 0 aliphatic rings. The zero-order valence-corrected chi connectivity index (χ0v) is 15.3. The van der Waals surface area contributed by atoms with Crippen molar-refractivity contribution < 1.29 is 8.42 Å². The van der Waals surface area contributed by atoms with Crippen LogP contribution in [0.5, 0.6) is 0 Å². The van der Waals surface area contributed by atoms with Gasteiger partial charge in [-0.1, -0.05) is 13.8 Å². The molecule has 0 spiro atoms. The van der Waals surface area contributed by atoms with E-state index in [1.165, 1.54) is 10.5 Å². The van der Waals surface area contributed by atoms with Crippen LogP contribution >= 0.6 is 0 Å². The quantitative estimate of drug-likeness (QED) is 0.794. The molecule has 0 aromatic carbocycles. The molecule has 1 heterocycles. The van der Waals surface area contributed by atoms with Crippen molar-refractivity contribution in [1.29, 1.82) is 0 Å². The summed E-state index contributed by atoms with van der Waals surface area (Å²) in [6.45, 7) is 11.8. The van der Waals surface area contributed by atoms with Crippen LogP contribution < -0.4 is 5.32 Å². The summed E-state index contributed by atoms with van der Waals surface area (Å²) in [5.41, 5.74) is 0. The van der Waals surface area contributed by atoms with Crippen molar-refractivity contribution in [2.75, 3.05) is 5.32 Å². The largest absolute Gasteiger partial charge is 0.367 e. The molecular weight excluding hydrogens is 298 g/mol. The van der Waals surface area contributed by atoms with Crippen LogP contribution in [-0.2, 0) is 10.0 Å². The van der Waals surface area contributed by atoms with E-state index in [0.29, 0.717) is 11.9 Å². The number of aromatic nitrogens is 1. The van der Waals surface area contributed by atoms with Crippen molar-refractivity contribution in [2.24, 2.45) is 0 Å². The van der Waals surface area contributed by atoms with Gasteiger partial charge < -0.3 is 5.32 Å². The molecule has 0 amide bonds. The summed E-state index contributed by atoms with van der Waals surface area (Å²) in [5, 5.41) is 3.31. The van der Waals surface area contributed by atoms with Crippen molar-refractivity contribution in [2.45, 2.75) is 77.4 Å². The maximum Gasteiger partial charge on any atom is 0.245 e. The molecule has 0 aliphatic carbocycles. The predicted molar refractivity (Wildman–Crippen MR) is 91.5 cm³/mol. The molecule has 0 atom stereocenters. The van der Waals surface area contributed by atoms with Crippen molar-refractivity contribution in [1.82, 2.24) is 9.29 Å². The van der Waals surface area contributed by atoms with Gasteiger partial charge in [0.05, 0.1) is 0 Å². The van der Waals surface area contributed by atoms with Gasteiger partial charge in [-0.05, 0) is 52.7 Å².